The fourth-order valence-electron chi connectivity index (χ4n) is 2.92. The Balaban J connectivity index is 1.46. The molecule has 4 rings (SSSR count). The standard InChI is InChI=1S/C19H17N3O2S/c23-19-15(12-18-21-6-10-25-18)2-1-14-11-16(3-4-17(14)19)24-9-8-22-7-5-20-13-22/h3-7,10-13H,1-2,8-9H2/b15-12-. The lowest BCUT2D eigenvalue weighted by Crippen LogP contribution is -2.14. The van der Waals surface area contributed by atoms with E-state index in [1.165, 1.54) is 0 Å². The molecule has 0 saturated heterocycles. The summed E-state index contributed by atoms with van der Waals surface area (Å²) in [6.45, 7) is 1.31. The van der Waals surface area contributed by atoms with Gasteiger partial charge in [-0.15, -0.1) is 11.3 Å². The van der Waals surface area contributed by atoms with Crippen LogP contribution in [0.4, 0.5) is 0 Å². The SMILES string of the molecule is O=C1/C(=C\c2nccs2)CCc2cc(OCCn3ccnc3)ccc21. The maximum Gasteiger partial charge on any atom is 0.189 e. The third-order valence-corrected chi connectivity index (χ3v) is 4.93. The molecule has 0 amide bonds. The highest BCUT2D eigenvalue weighted by Crippen LogP contribution is 2.29. The van der Waals surface area contributed by atoms with Crippen LogP contribution in [0.2, 0.25) is 0 Å². The molecule has 126 valence electrons. The highest BCUT2D eigenvalue weighted by atomic mass is 32.1. The zero-order valence-corrected chi connectivity index (χ0v) is 14.4. The summed E-state index contributed by atoms with van der Waals surface area (Å²) in [5, 5.41) is 2.80. The van der Waals surface area contributed by atoms with Gasteiger partial charge in [-0.1, -0.05) is 0 Å². The summed E-state index contributed by atoms with van der Waals surface area (Å²) in [6.07, 6.45) is 10.7. The number of nitrogens with zero attached hydrogens (tertiary/aromatic N) is 3. The summed E-state index contributed by atoms with van der Waals surface area (Å²) in [5.41, 5.74) is 2.66. The zero-order valence-electron chi connectivity index (χ0n) is 13.6. The van der Waals surface area contributed by atoms with Gasteiger partial charge in [-0.3, -0.25) is 4.79 Å². The van der Waals surface area contributed by atoms with Crippen molar-refractivity contribution < 1.29 is 9.53 Å². The third kappa shape index (κ3) is 3.53. The van der Waals surface area contributed by atoms with Gasteiger partial charge >= 0.3 is 0 Å². The predicted octanol–water partition coefficient (Wildman–Crippen LogP) is 3.63. The van der Waals surface area contributed by atoms with E-state index >= 15 is 0 Å². The number of imidazole rings is 1. The third-order valence-electron chi connectivity index (χ3n) is 4.20. The maximum absolute atomic E-state index is 12.7. The van der Waals surface area contributed by atoms with Crippen LogP contribution in [0, 0.1) is 0 Å². The molecule has 2 heterocycles. The fourth-order valence-corrected chi connectivity index (χ4v) is 3.52. The van der Waals surface area contributed by atoms with E-state index in [4.69, 9.17) is 4.74 Å². The second-order valence-corrected chi connectivity index (χ2v) is 6.76. The lowest BCUT2D eigenvalue weighted by atomic mass is 9.86. The van der Waals surface area contributed by atoms with Crippen molar-refractivity contribution in [3.8, 4) is 5.75 Å². The molecule has 0 atom stereocenters. The number of aromatic nitrogens is 3. The minimum absolute atomic E-state index is 0.0985. The lowest BCUT2D eigenvalue weighted by molar-refractivity contribution is 0.102. The molecule has 0 spiro atoms. The topological polar surface area (TPSA) is 57.0 Å². The predicted molar refractivity (Wildman–Crippen MR) is 96.9 cm³/mol. The number of allylic oxidation sites excluding steroid dienone is 1. The second-order valence-electron chi connectivity index (χ2n) is 5.84. The Morgan fingerprint density at radius 1 is 1.28 bits per heavy atom. The summed E-state index contributed by atoms with van der Waals surface area (Å²) in [6, 6.07) is 5.73. The van der Waals surface area contributed by atoms with Crippen molar-refractivity contribution in [2.45, 2.75) is 19.4 Å². The van der Waals surface area contributed by atoms with Crippen LogP contribution in [0.5, 0.6) is 5.75 Å². The minimum Gasteiger partial charge on any atom is -0.492 e. The number of hydrogen-bond donors (Lipinski definition) is 0. The van der Waals surface area contributed by atoms with Gasteiger partial charge in [-0.25, -0.2) is 9.97 Å². The zero-order chi connectivity index (χ0) is 17.1. The molecule has 0 unspecified atom stereocenters. The number of fused-ring (bicyclic) bond motifs is 1. The van der Waals surface area contributed by atoms with Crippen LogP contribution in [0.15, 0.2) is 54.1 Å². The molecule has 0 N–H and O–H groups in total. The number of thiazole rings is 1. The molecule has 0 fully saturated rings. The van der Waals surface area contributed by atoms with Crippen molar-refractivity contribution in [2.24, 2.45) is 0 Å². The van der Waals surface area contributed by atoms with Crippen molar-refractivity contribution in [3.63, 3.8) is 0 Å². The smallest absolute Gasteiger partial charge is 0.189 e. The van der Waals surface area contributed by atoms with Gasteiger partial charge in [0.1, 0.15) is 17.4 Å². The molecule has 1 aliphatic carbocycles. The molecule has 6 heteroatoms. The van der Waals surface area contributed by atoms with E-state index in [0.29, 0.717) is 6.61 Å². The monoisotopic (exact) mass is 351 g/mol. The van der Waals surface area contributed by atoms with Crippen LogP contribution in [-0.2, 0) is 13.0 Å². The van der Waals surface area contributed by atoms with Gasteiger partial charge in [0.25, 0.3) is 0 Å². The number of benzene rings is 1. The fraction of sp³-hybridized carbons (Fsp3) is 0.211. The molecule has 1 aliphatic rings. The van der Waals surface area contributed by atoms with Gasteiger partial charge in [-0.05, 0) is 42.7 Å². The van der Waals surface area contributed by atoms with E-state index < -0.39 is 0 Å². The Labute approximate surface area is 149 Å². The number of carbonyl (C=O) groups is 1. The number of carbonyl (C=O) groups excluding carboxylic acids is 1. The first-order valence-corrected chi connectivity index (χ1v) is 9.04. The van der Waals surface area contributed by atoms with Crippen LogP contribution in [-0.4, -0.2) is 26.9 Å². The van der Waals surface area contributed by atoms with Gasteiger partial charge in [0.05, 0.1) is 12.9 Å². The number of hydrogen-bond acceptors (Lipinski definition) is 5. The molecule has 2 aromatic heterocycles. The van der Waals surface area contributed by atoms with E-state index in [1.54, 1.807) is 30.1 Å². The van der Waals surface area contributed by atoms with E-state index in [1.807, 2.05) is 40.4 Å². The van der Waals surface area contributed by atoms with Crippen molar-refractivity contribution in [2.75, 3.05) is 6.61 Å². The summed E-state index contributed by atoms with van der Waals surface area (Å²) >= 11 is 1.54. The molecule has 0 bridgehead atoms. The molecular formula is C19H17N3O2S. The number of ether oxygens (including phenoxy) is 1. The van der Waals surface area contributed by atoms with Gasteiger partial charge in [0.15, 0.2) is 5.78 Å². The average Bonchev–Trinajstić information content (AvgIpc) is 3.31. The second kappa shape index (κ2) is 7.03. The van der Waals surface area contributed by atoms with E-state index in [0.717, 1.165) is 46.8 Å². The Kier molecular flexibility index (Phi) is 4.43. The molecule has 0 radical (unpaired) electrons. The Hall–Kier alpha value is -2.73. The van der Waals surface area contributed by atoms with Crippen LogP contribution < -0.4 is 4.74 Å². The molecule has 3 aromatic rings. The lowest BCUT2D eigenvalue weighted by Gasteiger charge is -2.18. The number of aryl methyl sites for hydroxylation is 1. The first-order chi connectivity index (χ1) is 12.3. The highest BCUT2D eigenvalue weighted by molar-refractivity contribution is 7.10. The average molecular weight is 351 g/mol. The summed E-state index contributed by atoms with van der Waals surface area (Å²) in [5.74, 6) is 0.903. The summed E-state index contributed by atoms with van der Waals surface area (Å²) < 4.78 is 7.78. The van der Waals surface area contributed by atoms with Gasteiger partial charge in [0.2, 0.25) is 0 Å². The largest absolute Gasteiger partial charge is 0.492 e. The van der Waals surface area contributed by atoms with Crippen molar-refractivity contribution in [1.82, 2.24) is 14.5 Å². The molecular weight excluding hydrogens is 334 g/mol. The van der Waals surface area contributed by atoms with Gasteiger partial charge in [-0.2, -0.15) is 0 Å². The quantitative estimate of drug-likeness (QED) is 0.659. The van der Waals surface area contributed by atoms with E-state index in [9.17, 15) is 4.79 Å². The molecule has 0 aliphatic heterocycles. The van der Waals surface area contributed by atoms with Crippen molar-refractivity contribution >= 4 is 23.2 Å². The summed E-state index contributed by atoms with van der Waals surface area (Å²) in [7, 11) is 0. The molecule has 25 heavy (non-hydrogen) atoms. The van der Waals surface area contributed by atoms with Crippen LogP contribution >= 0.6 is 11.3 Å². The molecule has 1 aromatic carbocycles. The van der Waals surface area contributed by atoms with Crippen LogP contribution in [0.25, 0.3) is 6.08 Å². The summed E-state index contributed by atoms with van der Waals surface area (Å²) in [4.78, 5) is 20.9. The van der Waals surface area contributed by atoms with E-state index in [2.05, 4.69) is 9.97 Å². The van der Waals surface area contributed by atoms with E-state index in [-0.39, 0.29) is 5.78 Å². The first-order valence-electron chi connectivity index (χ1n) is 8.16. The molecule has 5 nitrogen and oxygen atoms in total. The van der Waals surface area contributed by atoms with Crippen molar-refractivity contribution in [1.29, 1.82) is 0 Å². The number of rotatable bonds is 5. The maximum atomic E-state index is 12.7. The van der Waals surface area contributed by atoms with Crippen molar-refractivity contribution in [3.05, 3.63) is 70.2 Å². The van der Waals surface area contributed by atoms with Crippen LogP contribution in [0.1, 0.15) is 27.3 Å². The number of Topliss-reactive ketones (excluding diaryl/α,β-unsaturated/α-hetero) is 1. The molecule has 0 saturated carbocycles. The minimum atomic E-state index is 0.0985. The number of ketones is 1. The highest BCUT2D eigenvalue weighted by Gasteiger charge is 2.22. The van der Waals surface area contributed by atoms with Crippen LogP contribution in [0.3, 0.4) is 0 Å². The Bertz CT molecular complexity index is 899. The normalized spacial score (nSPS) is 15.4. The van der Waals surface area contributed by atoms with Gasteiger partial charge < -0.3 is 9.30 Å². The first kappa shape index (κ1) is 15.8. The van der Waals surface area contributed by atoms with Gasteiger partial charge in [0, 0.05) is 35.1 Å². The Morgan fingerprint density at radius 2 is 2.24 bits per heavy atom. The Morgan fingerprint density at radius 3 is 3.04 bits per heavy atom.